The van der Waals surface area contributed by atoms with E-state index in [-0.39, 0.29) is 17.3 Å². The minimum Gasteiger partial charge on any atom is -0.365 e. The first-order valence-corrected chi connectivity index (χ1v) is 11.1. The topological polar surface area (TPSA) is 69.7 Å². The Morgan fingerprint density at radius 3 is 2.46 bits per heavy atom. The predicted octanol–water partition coefficient (Wildman–Crippen LogP) is 3.59. The van der Waals surface area contributed by atoms with Crippen molar-refractivity contribution in [2.24, 2.45) is 0 Å². The summed E-state index contributed by atoms with van der Waals surface area (Å²) >= 11 is 6.19. The van der Waals surface area contributed by atoms with Crippen molar-refractivity contribution >= 4 is 38.9 Å². The number of likely N-dealkylation sites (N-methyl/N-ethyl adjacent to an activating group) is 1. The second-order valence-corrected chi connectivity index (χ2v) is 9.19. The maximum atomic E-state index is 12.9. The first-order valence-electron chi connectivity index (χ1n) is 9.23. The number of carbonyl (C=O) groups excluding carboxylic acids is 1. The number of anilines is 2. The van der Waals surface area contributed by atoms with Crippen LogP contribution in [-0.4, -0.2) is 45.3 Å². The summed E-state index contributed by atoms with van der Waals surface area (Å²) in [4.78, 5) is 14.4. The fourth-order valence-corrected chi connectivity index (χ4v) is 4.90. The Morgan fingerprint density at radius 2 is 1.79 bits per heavy atom. The maximum absolute atomic E-state index is 12.9. The molecule has 0 radical (unpaired) electrons. The van der Waals surface area contributed by atoms with Crippen molar-refractivity contribution in [3.8, 4) is 0 Å². The van der Waals surface area contributed by atoms with E-state index in [1.807, 2.05) is 37.4 Å². The number of piperidine rings is 1. The van der Waals surface area contributed by atoms with Crippen LogP contribution in [-0.2, 0) is 14.8 Å². The summed E-state index contributed by atoms with van der Waals surface area (Å²) in [6.45, 7) is 1.16. The van der Waals surface area contributed by atoms with Gasteiger partial charge in [0.25, 0.3) is 0 Å². The Balaban J connectivity index is 1.73. The summed E-state index contributed by atoms with van der Waals surface area (Å²) in [6, 6.07) is 14.0. The average Bonchev–Trinajstić information content (AvgIpc) is 2.70. The molecular weight excluding hydrogens is 398 g/mol. The molecule has 1 saturated heterocycles. The van der Waals surface area contributed by atoms with Gasteiger partial charge in [0.1, 0.15) is 0 Å². The van der Waals surface area contributed by atoms with E-state index in [1.165, 1.54) is 22.5 Å². The fraction of sp³-hybridized carbons (Fsp3) is 0.350. The van der Waals surface area contributed by atoms with Crippen molar-refractivity contribution in [2.75, 3.05) is 36.9 Å². The number of amides is 1. The normalized spacial score (nSPS) is 15.2. The van der Waals surface area contributed by atoms with E-state index in [4.69, 9.17) is 11.6 Å². The Kier molecular flexibility index (Phi) is 6.59. The highest BCUT2D eigenvalue weighted by Gasteiger charge is 2.26. The summed E-state index contributed by atoms with van der Waals surface area (Å²) in [6.07, 6.45) is 2.77. The van der Waals surface area contributed by atoms with Crippen LogP contribution in [0.25, 0.3) is 0 Å². The minimum atomic E-state index is -3.59. The van der Waals surface area contributed by atoms with Crippen LogP contribution in [0.5, 0.6) is 0 Å². The van der Waals surface area contributed by atoms with Crippen LogP contribution in [0, 0.1) is 0 Å². The Bertz CT molecular complexity index is 929. The number of hydrogen-bond acceptors (Lipinski definition) is 4. The van der Waals surface area contributed by atoms with Gasteiger partial charge in [-0.05, 0) is 43.2 Å². The quantitative estimate of drug-likeness (QED) is 0.773. The van der Waals surface area contributed by atoms with Gasteiger partial charge in [0.2, 0.25) is 15.9 Å². The Morgan fingerprint density at radius 1 is 1.11 bits per heavy atom. The SMILES string of the molecule is CN(CC(=O)Nc1cc(S(=O)(=O)N2CCCCC2)ccc1Cl)c1ccccc1. The monoisotopic (exact) mass is 421 g/mol. The standard InChI is InChI=1S/C20H24ClN3O3S/c1-23(16-8-4-2-5-9-16)15-20(25)22-19-14-17(10-11-18(19)21)28(26,27)24-12-6-3-7-13-24/h2,4-5,8-11,14H,3,6-7,12-13,15H2,1H3,(H,22,25). The number of hydrogen-bond donors (Lipinski definition) is 1. The van der Waals surface area contributed by atoms with Gasteiger partial charge in [-0.25, -0.2) is 8.42 Å². The number of nitrogens with one attached hydrogen (secondary N) is 1. The molecule has 1 fully saturated rings. The van der Waals surface area contributed by atoms with Crippen LogP contribution in [0.2, 0.25) is 5.02 Å². The number of carbonyl (C=O) groups is 1. The van der Waals surface area contributed by atoms with Crippen molar-refractivity contribution in [2.45, 2.75) is 24.2 Å². The largest absolute Gasteiger partial charge is 0.365 e. The van der Waals surface area contributed by atoms with Crippen LogP contribution in [0.15, 0.2) is 53.4 Å². The zero-order chi connectivity index (χ0) is 20.1. The average molecular weight is 422 g/mol. The van der Waals surface area contributed by atoms with Crippen LogP contribution in [0.1, 0.15) is 19.3 Å². The molecule has 2 aromatic carbocycles. The molecule has 1 aliphatic rings. The molecular formula is C20H24ClN3O3S. The number of para-hydroxylation sites is 1. The predicted molar refractivity (Wildman–Crippen MR) is 112 cm³/mol. The molecule has 0 unspecified atom stereocenters. The van der Waals surface area contributed by atoms with Crippen LogP contribution in [0.3, 0.4) is 0 Å². The van der Waals surface area contributed by atoms with E-state index in [0.29, 0.717) is 23.8 Å². The van der Waals surface area contributed by atoms with Crippen LogP contribution >= 0.6 is 11.6 Å². The van der Waals surface area contributed by atoms with E-state index in [0.717, 1.165) is 24.9 Å². The first kappa shape index (κ1) is 20.6. The summed E-state index contributed by atoms with van der Waals surface area (Å²) in [5.41, 5.74) is 1.20. The van der Waals surface area contributed by atoms with E-state index in [9.17, 15) is 13.2 Å². The molecule has 1 aliphatic heterocycles. The van der Waals surface area contributed by atoms with Gasteiger partial charge in [-0.1, -0.05) is 36.2 Å². The Hall–Kier alpha value is -2.09. The summed E-state index contributed by atoms with van der Waals surface area (Å²) < 4.78 is 27.2. The summed E-state index contributed by atoms with van der Waals surface area (Å²) in [7, 11) is -1.78. The molecule has 0 aliphatic carbocycles. The molecule has 0 bridgehead atoms. The molecule has 6 nitrogen and oxygen atoms in total. The zero-order valence-corrected chi connectivity index (χ0v) is 17.3. The van der Waals surface area contributed by atoms with Crippen molar-refractivity contribution in [3.63, 3.8) is 0 Å². The third-order valence-corrected chi connectivity index (χ3v) is 6.97. The van der Waals surface area contributed by atoms with Gasteiger partial charge < -0.3 is 10.2 Å². The van der Waals surface area contributed by atoms with Crippen LogP contribution < -0.4 is 10.2 Å². The molecule has 1 N–H and O–H groups in total. The lowest BCUT2D eigenvalue weighted by Gasteiger charge is -2.26. The number of nitrogens with zero attached hydrogens (tertiary/aromatic N) is 2. The molecule has 0 spiro atoms. The number of sulfonamides is 1. The molecule has 2 aromatic rings. The maximum Gasteiger partial charge on any atom is 0.243 e. The van der Waals surface area contributed by atoms with Gasteiger partial charge in [-0.2, -0.15) is 4.31 Å². The first-order chi connectivity index (χ1) is 13.4. The molecule has 28 heavy (non-hydrogen) atoms. The van der Waals surface area contributed by atoms with E-state index < -0.39 is 10.0 Å². The number of rotatable bonds is 6. The highest BCUT2D eigenvalue weighted by Crippen LogP contribution is 2.28. The molecule has 8 heteroatoms. The second kappa shape index (κ2) is 8.94. The minimum absolute atomic E-state index is 0.115. The van der Waals surface area contributed by atoms with Crippen molar-refractivity contribution in [1.29, 1.82) is 0 Å². The molecule has 0 atom stereocenters. The molecule has 1 heterocycles. The van der Waals surface area contributed by atoms with Gasteiger partial charge >= 0.3 is 0 Å². The van der Waals surface area contributed by atoms with Gasteiger partial charge in [-0.15, -0.1) is 0 Å². The molecule has 1 amide bonds. The summed E-state index contributed by atoms with van der Waals surface area (Å²) in [5.74, 6) is -0.277. The van der Waals surface area contributed by atoms with Gasteiger partial charge in [0.05, 0.1) is 22.2 Å². The summed E-state index contributed by atoms with van der Waals surface area (Å²) in [5, 5.41) is 3.03. The van der Waals surface area contributed by atoms with Crippen molar-refractivity contribution < 1.29 is 13.2 Å². The number of halogens is 1. The van der Waals surface area contributed by atoms with E-state index in [1.54, 1.807) is 4.90 Å². The van der Waals surface area contributed by atoms with Gasteiger partial charge in [-0.3, -0.25) is 4.79 Å². The molecule has 0 saturated carbocycles. The van der Waals surface area contributed by atoms with E-state index in [2.05, 4.69) is 5.32 Å². The van der Waals surface area contributed by atoms with Crippen LogP contribution in [0.4, 0.5) is 11.4 Å². The molecule has 150 valence electrons. The lowest BCUT2D eigenvalue weighted by Crippen LogP contribution is -2.35. The highest BCUT2D eigenvalue weighted by molar-refractivity contribution is 7.89. The highest BCUT2D eigenvalue weighted by atomic mass is 35.5. The molecule has 3 rings (SSSR count). The fourth-order valence-electron chi connectivity index (χ4n) is 3.19. The smallest absolute Gasteiger partial charge is 0.243 e. The number of benzene rings is 2. The van der Waals surface area contributed by atoms with Crippen molar-refractivity contribution in [1.82, 2.24) is 4.31 Å². The van der Waals surface area contributed by atoms with Gasteiger partial charge in [0.15, 0.2) is 0 Å². The third-order valence-electron chi connectivity index (χ3n) is 4.74. The molecule has 0 aromatic heterocycles. The zero-order valence-electron chi connectivity index (χ0n) is 15.8. The van der Waals surface area contributed by atoms with Gasteiger partial charge in [0, 0.05) is 25.8 Å². The van der Waals surface area contributed by atoms with E-state index >= 15 is 0 Å². The lowest BCUT2D eigenvalue weighted by molar-refractivity contribution is -0.114. The van der Waals surface area contributed by atoms with Crippen molar-refractivity contribution in [3.05, 3.63) is 53.6 Å². The third kappa shape index (κ3) is 4.84. The second-order valence-electron chi connectivity index (χ2n) is 6.85. The lowest BCUT2D eigenvalue weighted by atomic mass is 10.2. The Labute approximate surface area is 171 Å².